The maximum atomic E-state index is 11.2. The van der Waals surface area contributed by atoms with Crippen LogP contribution in [0.25, 0.3) is 0 Å². The third kappa shape index (κ3) is 1.61. The van der Waals surface area contributed by atoms with Crippen LogP contribution < -0.4 is 0 Å². The third-order valence-corrected chi connectivity index (χ3v) is 2.31. The Morgan fingerprint density at radius 2 is 2.00 bits per heavy atom. The van der Waals surface area contributed by atoms with Crippen molar-refractivity contribution in [3.05, 3.63) is 11.1 Å². The summed E-state index contributed by atoms with van der Waals surface area (Å²) >= 11 is 0.967. The Bertz CT molecular complexity index is 260. The molecule has 1 aliphatic rings. The van der Waals surface area contributed by atoms with Gasteiger partial charge in [0.25, 0.3) is 11.1 Å². The van der Waals surface area contributed by atoms with E-state index in [-0.39, 0.29) is 11.1 Å². The molecule has 0 N–H and O–H groups in total. The van der Waals surface area contributed by atoms with Crippen LogP contribution in [-0.4, -0.2) is 42.1 Å². The van der Waals surface area contributed by atoms with Gasteiger partial charge in [-0.3, -0.25) is 14.5 Å². The number of thioether (sulfide) groups is 1. The zero-order chi connectivity index (χ0) is 9.30. The molecule has 1 saturated heterocycles. The highest BCUT2D eigenvalue weighted by atomic mass is 32.2. The first-order chi connectivity index (χ1) is 5.52. The first kappa shape index (κ1) is 9.12. The molecule has 0 spiro atoms. The highest BCUT2D eigenvalue weighted by Crippen LogP contribution is 2.28. The number of rotatable bonds is 1. The molecule has 5 heteroatoms. The summed E-state index contributed by atoms with van der Waals surface area (Å²) in [6.07, 6.45) is 1.65. The fourth-order valence-corrected chi connectivity index (χ4v) is 1.67. The van der Waals surface area contributed by atoms with Gasteiger partial charge >= 0.3 is 0 Å². The first-order valence-electron chi connectivity index (χ1n) is 3.40. The molecule has 1 aliphatic heterocycles. The summed E-state index contributed by atoms with van der Waals surface area (Å²) in [5.41, 5.74) is 0. The Labute approximate surface area is 75.2 Å². The third-order valence-electron chi connectivity index (χ3n) is 1.36. The van der Waals surface area contributed by atoms with E-state index in [1.165, 1.54) is 7.05 Å². The average Bonchev–Trinajstić information content (AvgIpc) is 2.17. The number of nitrogens with zero attached hydrogens (tertiary/aromatic N) is 2. The van der Waals surface area contributed by atoms with Crippen molar-refractivity contribution in [1.82, 2.24) is 9.80 Å². The van der Waals surface area contributed by atoms with Crippen LogP contribution in [0.4, 0.5) is 4.79 Å². The van der Waals surface area contributed by atoms with Crippen molar-refractivity contribution in [3.63, 3.8) is 0 Å². The molecule has 0 aromatic rings. The molecular weight excluding hydrogens is 176 g/mol. The van der Waals surface area contributed by atoms with Gasteiger partial charge in [-0.2, -0.15) is 0 Å². The molecule has 0 atom stereocenters. The molecule has 1 heterocycles. The predicted octanol–water partition coefficient (Wildman–Crippen LogP) is 0.715. The maximum Gasteiger partial charge on any atom is 0.293 e. The topological polar surface area (TPSA) is 40.6 Å². The van der Waals surface area contributed by atoms with Crippen LogP contribution in [0.3, 0.4) is 0 Å². The Kier molecular flexibility index (Phi) is 2.42. The van der Waals surface area contributed by atoms with Crippen molar-refractivity contribution in [3.8, 4) is 0 Å². The summed E-state index contributed by atoms with van der Waals surface area (Å²) in [5.74, 6) is -0.223. The lowest BCUT2D eigenvalue weighted by atomic mass is 10.5. The zero-order valence-electron chi connectivity index (χ0n) is 7.20. The van der Waals surface area contributed by atoms with E-state index in [1.54, 1.807) is 11.1 Å². The van der Waals surface area contributed by atoms with Crippen LogP contribution in [0, 0.1) is 0 Å². The van der Waals surface area contributed by atoms with Gasteiger partial charge in [-0.15, -0.1) is 0 Å². The van der Waals surface area contributed by atoms with E-state index in [0.717, 1.165) is 16.7 Å². The van der Waals surface area contributed by atoms with Crippen LogP contribution in [0.5, 0.6) is 0 Å². The van der Waals surface area contributed by atoms with Crippen LogP contribution >= 0.6 is 11.8 Å². The SMILES string of the molecule is CN(C)C=C1SC(=O)N(C)C1=O. The summed E-state index contributed by atoms with van der Waals surface area (Å²) in [7, 11) is 5.10. The molecule has 0 saturated carbocycles. The standard InChI is InChI=1S/C7H10N2O2S/c1-8(2)4-5-6(10)9(3)7(11)12-5/h4H,1-3H3. The van der Waals surface area contributed by atoms with E-state index in [9.17, 15) is 9.59 Å². The second kappa shape index (κ2) is 3.18. The second-order valence-corrected chi connectivity index (χ2v) is 3.68. The number of carbonyl (C=O) groups is 2. The van der Waals surface area contributed by atoms with E-state index in [4.69, 9.17) is 0 Å². The van der Waals surface area contributed by atoms with Gasteiger partial charge in [0.05, 0.1) is 4.91 Å². The molecule has 12 heavy (non-hydrogen) atoms. The lowest BCUT2D eigenvalue weighted by Crippen LogP contribution is -2.22. The average molecular weight is 186 g/mol. The molecule has 1 fully saturated rings. The quantitative estimate of drug-likeness (QED) is 0.566. The second-order valence-electron chi connectivity index (χ2n) is 2.69. The molecule has 0 aromatic heterocycles. The minimum Gasteiger partial charge on any atom is -0.382 e. The predicted molar refractivity (Wildman–Crippen MR) is 47.5 cm³/mol. The van der Waals surface area contributed by atoms with E-state index >= 15 is 0 Å². The van der Waals surface area contributed by atoms with Gasteiger partial charge in [0.2, 0.25) is 0 Å². The van der Waals surface area contributed by atoms with Gasteiger partial charge in [-0.1, -0.05) is 0 Å². The summed E-state index contributed by atoms with van der Waals surface area (Å²) in [5, 5.41) is -0.215. The maximum absolute atomic E-state index is 11.2. The zero-order valence-corrected chi connectivity index (χ0v) is 8.01. The van der Waals surface area contributed by atoms with Crippen molar-refractivity contribution in [2.75, 3.05) is 21.1 Å². The van der Waals surface area contributed by atoms with Crippen molar-refractivity contribution < 1.29 is 9.59 Å². The minimum absolute atomic E-state index is 0.215. The van der Waals surface area contributed by atoms with Gasteiger partial charge in [-0.05, 0) is 11.8 Å². The fourth-order valence-electron chi connectivity index (χ4n) is 0.770. The van der Waals surface area contributed by atoms with Crippen LogP contribution in [-0.2, 0) is 4.79 Å². The molecule has 0 bridgehead atoms. The number of imide groups is 1. The summed E-state index contributed by atoms with van der Waals surface area (Å²) in [6.45, 7) is 0. The van der Waals surface area contributed by atoms with Crippen LogP contribution in [0.2, 0.25) is 0 Å². The molecule has 4 nitrogen and oxygen atoms in total. The smallest absolute Gasteiger partial charge is 0.293 e. The van der Waals surface area contributed by atoms with E-state index < -0.39 is 0 Å². The van der Waals surface area contributed by atoms with Crippen molar-refractivity contribution in [2.24, 2.45) is 0 Å². The summed E-state index contributed by atoms with van der Waals surface area (Å²) in [4.78, 5) is 25.6. The highest BCUT2D eigenvalue weighted by molar-refractivity contribution is 8.18. The molecule has 0 aromatic carbocycles. The van der Waals surface area contributed by atoms with Crippen LogP contribution in [0.15, 0.2) is 11.1 Å². The van der Waals surface area contributed by atoms with Gasteiger partial charge in [0, 0.05) is 27.3 Å². The number of amides is 2. The van der Waals surface area contributed by atoms with Gasteiger partial charge < -0.3 is 4.90 Å². The van der Waals surface area contributed by atoms with Crippen molar-refractivity contribution in [1.29, 1.82) is 0 Å². The normalized spacial score (nSPS) is 20.9. The molecule has 66 valence electrons. The fraction of sp³-hybridized carbons (Fsp3) is 0.429. The highest BCUT2D eigenvalue weighted by Gasteiger charge is 2.31. The number of likely N-dealkylation sites (N-methyl/N-ethyl adjacent to an activating group) is 1. The molecule has 0 radical (unpaired) electrons. The lowest BCUT2D eigenvalue weighted by Gasteiger charge is -2.05. The molecular formula is C7H10N2O2S. The first-order valence-corrected chi connectivity index (χ1v) is 4.22. The van der Waals surface area contributed by atoms with E-state index in [2.05, 4.69) is 0 Å². The largest absolute Gasteiger partial charge is 0.382 e. The van der Waals surface area contributed by atoms with E-state index in [1.807, 2.05) is 14.1 Å². The minimum atomic E-state index is -0.223. The number of hydrogen-bond acceptors (Lipinski definition) is 4. The summed E-state index contributed by atoms with van der Waals surface area (Å²) in [6, 6.07) is 0. The van der Waals surface area contributed by atoms with Crippen molar-refractivity contribution >= 4 is 22.9 Å². The van der Waals surface area contributed by atoms with Gasteiger partial charge in [0.1, 0.15) is 0 Å². The monoisotopic (exact) mass is 186 g/mol. The summed E-state index contributed by atoms with van der Waals surface area (Å²) < 4.78 is 0. The number of carbonyl (C=O) groups excluding carboxylic acids is 2. The Hall–Kier alpha value is -0.970. The molecule has 1 rings (SSSR count). The van der Waals surface area contributed by atoms with Gasteiger partial charge in [0.15, 0.2) is 0 Å². The van der Waals surface area contributed by atoms with Crippen molar-refractivity contribution in [2.45, 2.75) is 0 Å². The molecule has 0 unspecified atom stereocenters. The Morgan fingerprint density at radius 3 is 2.33 bits per heavy atom. The molecule has 2 amide bonds. The van der Waals surface area contributed by atoms with Gasteiger partial charge in [-0.25, -0.2) is 0 Å². The van der Waals surface area contributed by atoms with Crippen LogP contribution in [0.1, 0.15) is 0 Å². The Morgan fingerprint density at radius 1 is 1.42 bits per heavy atom. The molecule has 0 aliphatic carbocycles. The number of hydrogen-bond donors (Lipinski definition) is 0. The lowest BCUT2D eigenvalue weighted by molar-refractivity contribution is -0.121. The van der Waals surface area contributed by atoms with E-state index in [0.29, 0.717) is 4.91 Å². The Balaban J connectivity index is 2.85.